The van der Waals surface area contributed by atoms with Crippen molar-refractivity contribution in [3.63, 3.8) is 0 Å². The number of carbonyl (C=O) groups excluding carboxylic acids is 2. The van der Waals surface area contributed by atoms with Crippen LogP contribution in [0.15, 0.2) is 55.0 Å². The van der Waals surface area contributed by atoms with Crippen molar-refractivity contribution in [1.29, 1.82) is 0 Å². The first kappa shape index (κ1) is 21.3. The summed E-state index contributed by atoms with van der Waals surface area (Å²) < 4.78 is 42.6. The second-order valence-electron chi connectivity index (χ2n) is 7.22. The number of rotatable bonds is 6. The second-order valence-corrected chi connectivity index (χ2v) is 7.22. The van der Waals surface area contributed by atoms with Crippen LogP contribution in [0.25, 0.3) is 22.3 Å². The summed E-state index contributed by atoms with van der Waals surface area (Å²) in [6.45, 7) is 0. The van der Waals surface area contributed by atoms with E-state index >= 15 is 0 Å². The number of nitrogens with two attached hydrogens (primary N) is 1. The summed E-state index contributed by atoms with van der Waals surface area (Å²) in [6, 6.07) is 8.55. The van der Waals surface area contributed by atoms with Gasteiger partial charge >= 0.3 is 6.36 Å². The number of primary amides is 1. The Hall–Kier alpha value is -3.95. The maximum absolute atomic E-state index is 12.8. The first-order valence-electron chi connectivity index (χ1n) is 9.63. The molecule has 4 rings (SSSR count). The number of alkyl halides is 3. The largest absolute Gasteiger partial charge is 0.573 e. The molecular formula is C22H17F3N4O3. The van der Waals surface area contributed by atoms with Crippen LogP contribution in [-0.4, -0.2) is 28.1 Å². The van der Waals surface area contributed by atoms with Crippen LogP contribution < -0.4 is 15.8 Å². The van der Waals surface area contributed by atoms with E-state index in [1.165, 1.54) is 48.9 Å². The van der Waals surface area contributed by atoms with Crippen LogP contribution in [0.2, 0.25) is 0 Å². The minimum absolute atomic E-state index is 0.0878. The molecule has 1 aliphatic carbocycles. The number of amides is 2. The molecule has 32 heavy (non-hydrogen) atoms. The molecule has 0 bridgehead atoms. The van der Waals surface area contributed by atoms with Gasteiger partial charge < -0.3 is 15.8 Å². The molecule has 1 saturated carbocycles. The molecule has 0 saturated heterocycles. The fourth-order valence-electron chi connectivity index (χ4n) is 3.26. The zero-order valence-corrected chi connectivity index (χ0v) is 16.5. The molecule has 1 aromatic carbocycles. The number of anilines is 1. The third kappa shape index (κ3) is 4.69. The summed E-state index contributed by atoms with van der Waals surface area (Å²) in [5, 5.41) is 2.71. The fraction of sp³-hybridized carbons (Fsp3) is 0.182. The molecule has 1 aliphatic rings. The van der Waals surface area contributed by atoms with Crippen LogP contribution in [0, 0.1) is 5.92 Å². The van der Waals surface area contributed by atoms with E-state index in [1.807, 2.05) is 0 Å². The van der Waals surface area contributed by atoms with Gasteiger partial charge in [-0.2, -0.15) is 0 Å². The maximum atomic E-state index is 12.8. The van der Waals surface area contributed by atoms with Gasteiger partial charge in [0, 0.05) is 46.8 Å². The number of nitrogens with zero attached hydrogens (tertiary/aromatic N) is 2. The second kappa shape index (κ2) is 8.29. The first-order valence-corrected chi connectivity index (χ1v) is 9.63. The number of pyridine rings is 2. The van der Waals surface area contributed by atoms with Crippen molar-refractivity contribution in [2.24, 2.45) is 11.7 Å². The molecule has 0 radical (unpaired) electrons. The Labute approximate surface area is 180 Å². The Bertz CT molecular complexity index is 1190. The minimum Gasteiger partial charge on any atom is -0.405 e. The van der Waals surface area contributed by atoms with E-state index in [-0.39, 0.29) is 34.3 Å². The van der Waals surface area contributed by atoms with Crippen molar-refractivity contribution in [3.8, 4) is 28.0 Å². The van der Waals surface area contributed by atoms with Gasteiger partial charge in [0.05, 0.1) is 5.56 Å². The van der Waals surface area contributed by atoms with E-state index in [2.05, 4.69) is 20.0 Å². The summed E-state index contributed by atoms with van der Waals surface area (Å²) in [4.78, 5) is 32.7. The molecule has 2 heterocycles. The lowest BCUT2D eigenvalue weighted by molar-refractivity contribution is -0.274. The van der Waals surface area contributed by atoms with Gasteiger partial charge in [0.1, 0.15) is 11.6 Å². The highest BCUT2D eigenvalue weighted by molar-refractivity contribution is 6.05. The van der Waals surface area contributed by atoms with Crippen LogP contribution in [-0.2, 0) is 4.79 Å². The third-order valence-corrected chi connectivity index (χ3v) is 4.86. The highest BCUT2D eigenvalue weighted by atomic mass is 19.4. The van der Waals surface area contributed by atoms with Crippen LogP contribution >= 0.6 is 0 Å². The predicted octanol–water partition coefficient (Wildman–Crippen LogP) is 4.16. The normalized spacial score (nSPS) is 13.5. The lowest BCUT2D eigenvalue weighted by Gasteiger charge is -2.15. The Morgan fingerprint density at radius 2 is 1.81 bits per heavy atom. The number of nitrogens with one attached hydrogen (secondary N) is 1. The number of aromatic nitrogens is 2. The zero-order chi connectivity index (χ0) is 22.9. The summed E-state index contributed by atoms with van der Waals surface area (Å²) in [7, 11) is 0. The average molecular weight is 442 g/mol. The highest BCUT2D eigenvalue weighted by Gasteiger charge is 2.33. The Morgan fingerprint density at radius 3 is 2.50 bits per heavy atom. The average Bonchev–Trinajstić information content (AvgIpc) is 3.58. The minimum atomic E-state index is -4.87. The van der Waals surface area contributed by atoms with Crippen molar-refractivity contribution in [1.82, 2.24) is 9.97 Å². The van der Waals surface area contributed by atoms with Gasteiger partial charge in [0.15, 0.2) is 0 Å². The first-order chi connectivity index (χ1) is 15.2. The van der Waals surface area contributed by atoms with E-state index in [0.29, 0.717) is 11.1 Å². The third-order valence-electron chi connectivity index (χ3n) is 4.86. The Morgan fingerprint density at radius 1 is 1.09 bits per heavy atom. The number of para-hydroxylation sites is 1. The zero-order valence-electron chi connectivity index (χ0n) is 16.5. The molecule has 1 fully saturated rings. The van der Waals surface area contributed by atoms with Gasteiger partial charge in [-0.1, -0.05) is 18.2 Å². The number of halogens is 3. The molecule has 7 nitrogen and oxygen atoms in total. The predicted molar refractivity (Wildman–Crippen MR) is 109 cm³/mol. The fourth-order valence-corrected chi connectivity index (χ4v) is 3.26. The van der Waals surface area contributed by atoms with E-state index < -0.39 is 18.0 Å². The van der Waals surface area contributed by atoms with Crippen molar-refractivity contribution in [2.75, 3.05) is 5.32 Å². The quantitative estimate of drug-likeness (QED) is 0.596. The number of carbonyl (C=O) groups is 2. The Kier molecular flexibility index (Phi) is 5.52. The SMILES string of the molecule is NC(=O)c1ccnc(NC(=O)C2CC2)c1-c1cncc(-c2ccccc2OC(F)(F)F)c1. The van der Waals surface area contributed by atoms with Crippen LogP contribution in [0.4, 0.5) is 19.0 Å². The topological polar surface area (TPSA) is 107 Å². The summed E-state index contributed by atoms with van der Waals surface area (Å²) >= 11 is 0. The van der Waals surface area contributed by atoms with Gasteiger partial charge in [-0.25, -0.2) is 4.98 Å². The van der Waals surface area contributed by atoms with Gasteiger partial charge in [0.2, 0.25) is 11.8 Å². The molecule has 3 aromatic rings. The molecule has 10 heteroatoms. The Balaban J connectivity index is 1.81. The monoisotopic (exact) mass is 442 g/mol. The van der Waals surface area contributed by atoms with Gasteiger partial charge in [-0.15, -0.1) is 13.2 Å². The van der Waals surface area contributed by atoms with E-state index in [9.17, 15) is 22.8 Å². The van der Waals surface area contributed by atoms with Crippen LogP contribution in [0.1, 0.15) is 23.2 Å². The molecule has 0 spiro atoms. The van der Waals surface area contributed by atoms with E-state index in [4.69, 9.17) is 5.73 Å². The molecule has 3 N–H and O–H groups in total. The lowest BCUT2D eigenvalue weighted by atomic mass is 9.98. The maximum Gasteiger partial charge on any atom is 0.573 e. The number of ether oxygens (including phenoxy) is 1. The summed E-state index contributed by atoms with van der Waals surface area (Å²) in [6.07, 6.45) is 0.783. The van der Waals surface area contributed by atoms with Crippen LogP contribution in [0.5, 0.6) is 5.75 Å². The standard InChI is InChI=1S/C22H17F3N4O3/c23-22(24,25)32-17-4-2-1-3-15(17)13-9-14(11-27-10-13)18-16(19(26)30)7-8-28-20(18)29-21(31)12-5-6-12/h1-4,7-12H,5-6H2,(H2,26,30)(H,28,29,31). The number of hydrogen-bond donors (Lipinski definition) is 2. The van der Waals surface area contributed by atoms with Gasteiger partial charge in [-0.3, -0.25) is 14.6 Å². The van der Waals surface area contributed by atoms with Crippen molar-refractivity contribution >= 4 is 17.6 Å². The number of benzene rings is 1. The van der Waals surface area contributed by atoms with E-state index in [1.54, 1.807) is 6.07 Å². The lowest BCUT2D eigenvalue weighted by Crippen LogP contribution is -2.18. The van der Waals surface area contributed by atoms with Crippen molar-refractivity contribution in [2.45, 2.75) is 19.2 Å². The number of hydrogen-bond acceptors (Lipinski definition) is 5. The van der Waals surface area contributed by atoms with Gasteiger partial charge in [-0.05, 0) is 31.0 Å². The smallest absolute Gasteiger partial charge is 0.405 e. The highest BCUT2D eigenvalue weighted by Crippen LogP contribution is 2.37. The summed E-state index contributed by atoms with van der Waals surface area (Å²) in [5.74, 6) is -1.37. The molecule has 2 amide bonds. The van der Waals surface area contributed by atoms with Crippen molar-refractivity contribution in [3.05, 3.63) is 60.6 Å². The van der Waals surface area contributed by atoms with Crippen molar-refractivity contribution < 1.29 is 27.5 Å². The van der Waals surface area contributed by atoms with Crippen LogP contribution in [0.3, 0.4) is 0 Å². The molecule has 0 atom stereocenters. The molecule has 164 valence electrons. The van der Waals surface area contributed by atoms with Gasteiger partial charge in [0.25, 0.3) is 0 Å². The van der Waals surface area contributed by atoms with E-state index in [0.717, 1.165) is 12.8 Å². The molecule has 2 aromatic heterocycles. The molecule has 0 aliphatic heterocycles. The molecule has 0 unspecified atom stereocenters. The summed E-state index contributed by atoms with van der Waals surface area (Å²) in [5.41, 5.74) is 6.64. The molecular weight excluding hydrogens is 425 g/mol.